The molecule has 0 amide bonds. The lowest BCUT2D eigenvalue weighted by Gasteiger charge is -2.28. The summed E-state index contributed by atoms with van der Waals surface area (Å²) < 4.78 is 0. The first-order valence-corrected chi connectivity index (χ1v) is 7.57. The van der Waals surface area contributed by atoms with E-state index in [1.54, 1.807) is 0 Å². The fraction of sp³-hybridized carbons (Fsp3) is 0.600. The van der Waals surface area contributed by atoms with Gasteiger partial charge in [0.25, 0.3) is 0 Å². The SMILES string of the molecule is CCC(NC(CCO)C(C)C)c1ccc(Cl)c(Cl)c1. The van der Waals surface area contributed by atoms with Gasteiger partial charge in [-0.05, 0) is 36.5 Å². The molecule has 4 heteroatoms. The Morgan fingerprint density at radius 2 is 1.89 bits per heavy atom. The van der Waals surface area contributed by atoms with Gasteiger partial charge in [-0.15, -0.1) is 0 Å². The lowest BCUT2D eigenvalue weighted by atomic mass is 9.97. The van der Waals surface area contributed by atoms with Crippen LogP contribution in [0.1, 0.15) is 45.2 Å². The van der Waals surface area contributed by atoms with Gasteiger partial charge < -0.3 is 10.4 Å². The van der Waals surface area contributed by atoms with Gasteiger partial charge in [-0.2, -0.15) is 0 Å². The molecule has 0 heterocycles. The van der Waals surface area contributed by atoms with Gasteiger partial charge in [0.2, 0.25) is 0 Å². The van der Waals surface area contributed by atoms with E-state index < -0.39 is 0 Å². The van der Waals surface area contributed by atoms with E-state index in [2.05, 4.69) is 26.1 Å². The highest BCUT2D eigenvalue weighted by Gasteiger charge is 2.18. The summed E-state index contributed by atoms with van der Waals surface area (Å²) in [5.41, 5.74) is 1.14. The molecule has 1 rings (SSSR count). The average Bonchev–Trinajstić information content (AvgIpc) is 2.37. The molecule has 0 aliphatic heterocycles. The minimum atomic E-state index is 0.202. The summed E-state index contributed by atoms with van der Waals surface area (Å²) in [7, 11) is 0. The maximum atomic E-state index is 9.14. The molecule has 2 unspecified atom stereocenters. The molecule has 2 nitrogen and oxygen atoms in total. The predicted octanol–water partition coefficient (Wildman–Crippen LogP) is 4.44. The van der Waals surface area contributed by atoms with E-state index in [1.807, 2.05) is 18.2 Å². The molecular formula is C15H23Cl2NO. The monoisotopic (exact) mass is 303 g/mol. The average molecular weight is 304 g/mol. The zero-order chi connectivity index (χ0) is 14.4. The molecule has 0 aromatic heterocycles. The molecule has 1 aromatic carbocycles. The second-order valence-electron chi connectivity index (χ2n) is 5.16. The van der Waals surface area contributed by atoms with Crippen LogP contribution in [0.4, 0.5) is 0 Å². The van der Waals surface area contributed by atoms with Gasteiger partial charge in [-0.3, -0.25) is 0 Å². The summed E-state index contributed by atoms with van der Waals surface area (Å²) in [6.07, 6.45) is 1.72. The van der Waals surface area contributed by atoms with Crippen LogP contribution in [0.5, 0.6) is 0 Å². The Morgan fingerprint density at radius 3 is 2.37 bits per heavy atom. The summed E-state index contributed by atoms with van der Waals surface area (Å²) >= 11 is 12.0. The Balaban J connectivity index is 2.84. The molecular weight excluding hydrogens is 281 g/mol. The maximum Gasteiger partial charge on any atom is 0.0595 e. The van der Waals surface area contributed by atoms with Crippen molar-refractivity contribution >= 4 is 23.2 Å². The van der Waals surface area contributed by atoms with Crippen LogP contribution in [0.3, 0.4) is 0 Å². The highest BCUT2D eigenvalue weighted by atomic mass is 35.5. The molecule has 1 aromatic rings. The fourth-order valence-electron chi connectivity index (χ4n) is 2.19. The van der Waals surface area contributed by atoms with Gasteiger partial charge in [0.05, 0.1) is 10.0 Å². The third kappa shape index (κ3) is 4.96. The van der Waals surface area contributed by atoms with Crippen molar-refractivity contribution < 1.29 is 5.11 Å². The van der Waals surface area contributed by atoms with E-state index in [9.17, 15) is 0 Å². The smallest absolute Gasteiger partial charge is 0.0595 e. The number of halogens is 2. The van der Waals surface area contributed by atoms with Crippen molar-refractivity contribution in [1.29, 1.82) is 0 Å². The van der Waals surface area contributed by atoms with Crippen LogP contribution in [0.2, 0.25) is 10.0 Å². The largest absolute Gasteiger partial charge is 0.396 e. The van der Waals surface area contributed by atoms with E-state index in [0.29, 0.717) is 22.0 Å². The van der Waals surface area contributed by atoms with E-state index >= 15 is 0 Å². The third-order valence-electron chi connectivity index (χ3n) is 3.41. The van der Waals surface area contributed by atoms with E-state index in [4.69, 9.17) is 28.3 Å². The van der Waals surface area contributed by atoms with Crippen LogP contribution in [0.15, 0.2) is 18.2 Å². The maximum absolute atomic E-state index is 9.14. The van der Waals surface area contributed by atoms with Gasteiger partial charge in [-0.1, -0.05) is 50.0 Å². The normalized spacial score (nSPS) is 14.7. The van der Waals surface area contributed by atoms with Crippen LogP contribution in [-0.2, 0) is 0 Å². The number of nitrogens with one attached hydrogen (secondary N) is 1. The van der Waals surface area contributed by atoms with Crippen LogP contribution in [-0.4, -0.2) is 17.8 Å². The van der Waals surface area contributed by atoms with Crippen molar-refractivity contribution in [3.8, 4) is 0 Å². The molecule has 0 aliphatic carbocycles. The van der Waals surface area contributed by atoms with E-state index in [0.717, 1.165) is 18.4 Å². The number of aliphatic hydroxyl groups excluding tert-OH is 1. The summed E-state index contributed by atoms with van der Waals surface area (Å²) in [5.74, 6) is 0.476. The van der Waals surface area contributed by atoms with Gasteiger partial charge in [0, 0.05) is 18.7 Å². The summed E-state index contributed by atoms with van der Waals surface area (Å²) in [4.78, 5) is 0. The molecule has 0 fully saturated rings. The summed E-state index contributed by atoms with van der Waals surface area (Å²) in [6.45, 7) is 6.66. The van der Waals surface area contributed by atoms with Crippen molar-refractivity contribution in [2.45, 2.75) is 45.7 Å². The Morgan fingerprint density at radius 1 is 1.21 bits per heavy atom. The topological polar surface area (TPSA) is 32.3 Å². The number of rotatable bonds is 7. The highest BCUT2D eigenvalue weighted by molar-refractivity contribution is 6.42. The molecule has 0 spiro atoms. The van der Waals surface area contributed by atoms with Crippen molar-refractivity contribution in [1.82, 2.24) is 5.32 Å². The Labute approximate surface area is 126 Å². The molecule has 0 saturated carbocycles. The minimum absolute atomic E-state index is 0.202. The Kier molecular flexibility index (Phi) is 7.16. The standard InChI is InChI=1S/C15H23Cl2NO/c1-4-14(18-15(7-8-19)10(2)3)11-5-6-12(16)13(17)9-11/h5-6,9-10,14-15,18-19H,4,7-8H2,1-3H3. The van der Waals surface area contributed by atoms with Gasteiger partial charge in [0.15, 0.2) is 0 Å². The van der Waals surface area contributed by atoms with Crippen LogP contribution in [0, 0.1) is 5.92 Å². The summed E-state index contributed by atoms with van der Waals surface area (Å²) in [6, 6.07) is 6.28. The van der Waals surface area contributed by atoms with Crippen molar-refractivity contribution in [3.05, 3.63) is 33.8 Å². The molecule has 108 valence electrons. The van der Waals surface area contributed by atoms with Gasteiger partial charge >= 0.3 is 0 Å². The first kappa shape index (κ1) is 16.8. The number of benzene rings is 1. The van der Waals surface area contributed by atoms with Gasteiger partial charge in [-0.25, -0.2) is 0 Å². The van der Waals surface area contributed by atoms with E-state index in [-0.39, 0.29) is 12.6 Å². The number of aliphatic hydroxyl groups is 1. The number of hydrogen-bond acceptors (Lipinski definition) is 2. The summed E-state index contributed by atoms with van der Waals surface area (Å²) in [5, 5.41) is 13.9. The molecule has 2 N–H and O–H groups in total. The first-order valence-electron chi connectivity index (χ1n) is 6.81. The fourth-order valence-corrected chi connectivity index (χ4v) is 2.49. The second-order valence-corrected chi connectivity index (χ2v) is 5.98. The predicted molar refractivity (Wildman–Crippen MR) is 83.0 cm³/mol. The van der Waals surface area contributed by atoms with Crippen LogP contribution >= 0.6 is 23.2 Å². The van der Waals surface area contributed by atoms with Crippen molar-refractivity contribution in [2.24, 2.45) is 5.92 Å². The third-order valence-corrected chi connectivity index (χ3v) is 4.15. The molecule has 0 saturated heterocycles. The van der Waals surface area contributed by atoms with Crippen molar-refractivity contribution in [2.75, 3.05) is 6.61 Å². The zero-order valence-electron chi connectivity index (χ0n) is 11.8. The Hall–Kier alpha value is -0.280. The zero-order valence-corrected chi connectivity index (χ0v) is 13.3. The number of hydrogen-bond donors (Lipinski definition) is 2. The van der Waals surface area contributed by atoms with Crippen LogP contribution < -0.4 is 5.32 Å². The molecule has 19 heavy (non-hydrogen) atoms. The Bertz CT molecular complexity index is 396. The van der Waals surface area contributed by atoms with Crippen LogP contribution in [0.25, 0.3) is 0 Å². The highest BCUT2D eigenvalue weighted by Crippen LogP contribution is 2.27. The first-order chi connectivity index (χ1) is 8.99. The second kappa shape index (κ2) is 8.11. The molecule has 0 aliphatic rings. The lowest BCUT2D eigenvalue weighted by Crippen LogP contribution is -2.37. The van der Waals surface area contributed by atoms with E-state index in [1.165, 1.54) is 0 Å². The van der Waals surface area contributed by atoms with Gasteiger partial charge in [0.1, 0.15) is 0 Å². The molecule has 0 bridgehead atoms. The quantitative estimate of drug-likeness (QED) is 0.780. The molecule has 2 atom stereocenters. The molecule has 0 radical (unpaired) electrons. The van der Waals surface area contributed by atoms with Crippen molar-refractivity contribution in [3.63, 3.8) is 0 Å². The minimum Gasteiger partial charge on any atom is -0.396 e. The lowest BCUT2D eigenvalue weighted by molar-refractivity contribution is 0.233.